The number of alkyl halides is 1. The number of esters is 4. The molecule has 0 saturated carbocycles. The van der Waals surface area contributed by atoms with Crippen LogP contribution >= 0.6 is 15.9 Å². The molecule has 1 fully saturated rings. The third kappa shape index (κ3) is 42.4. The molecule has 0 radical (unpaired) electrons. The average molecular weight is 1110 g/mol. The summed E-state index contributed by atoms with van der Waals surface area (Å²) in [5, 5.41) is 0. The zero-order valence-electron chi connectivity index (χ0n) is 49.2. The number of unbranched alkanes of at least 4 members (excludes halogenated alkanes) is 42. The van der Waals surface area contributed by atoms with Gasteiger partial charge in [-0.3, -0.25) is 19.2 Å². The van der Waals surface area contributed by atoms with Crippen LogP contribution in [0.4, 0.5) is 0 Å². The molecule has 1 aliphatic rings. The summed E-state index contributed by atoms with van der Waals surface area (Å²) in [4.78, 5) is 53.2. The fraction of sp³-hybridized carbons (Fsp3) is 0.938. The van der Waals surface area contributed by atoms with Gasteiger partial charge in [-0.25, -0.2) is 0 Å². The quantitative estimate of drug-likeness (QED) is 0.0254. The van der Waals surface area contributed by atoms with E-state index >= 15 is 0 Å². The van der Waals surface area contributed by atoms with Crippen molar-refractivity contribution >= 4 is 39.8 Å². The Morgan fingerprint density at radius 2 is 0.689 bits per heavy atom. The minimum atomic E-state index is -1.08. The Hall–Kier alpha value is -1.68. The zero-order chi connectivity index (χ0) is 54.0. The maximum absolute atomic E-state index is 13.5. The molecule has 0 N–H and O–H groups in total. The summed E-state index contributed by atoms with van der Waals surface area (Å²) in [5.41, 5.74) is 0. The highest BCUT2D eigenvalue weighted by Crippen LogP contribution is 2.29. The van der Waals surface area contributed by atoms with Crippen LogP contribution < -0.4 is 0 Å². The van der Waals surface area contributed by atoms with Crippen LogP contribution in [-0.2, 0) is 42.9 Å². The largest absolute Gasteiger partial charge is 0.462 e. The van der Waals surface area contributed by atoms with Crippen molar-refractivity contribution in [3.8, 4) is 0 Å². The standard InChI is InChI=1S/C64H119BrO9/c1-6-9-12-15-18-21-24-27-30-33-36-39-42-45-48-51-58(66)70-54-56(73-63(69)64(4,5)65)61-62(74-60(68)53-50-47-44-41-38-35-32-29-26-23-20-17-14-11-8-3)57(55-71-61)72-59(67)52-49-46-43-40-37-34-31-28-25-22-19-16-13-10-7-2/h56-57,61-62H,6-55H2,1-5H3/t56-,57+,61-,62-/m1/s1. The van der Waals surface area contributed by atoms with E-state index in [0.29, 0.717) is 6.42 Å². The molecule has 0 aliphatic carbocycles. The second-order valence-corrected chi connectivity index (χ2v) is 25.0. The van der Waals surface area contributed by atoms with Gasteiger partial charge in [-0.2, -0.15) is 0 Å². The van der Waals surface area contributed by atoms with Gasteiger partial charge in [-0.1, -0.05) is 306 Å². The van der Waals surface area contributed by atoms with Crippen LogP contribution in [0.25, 0.3) is 0 Å². The first-order valence-corrected chi connectivity index (χ1v) is 32.9. The van der Waals surface area contributed by atoms with E-state index in [1.165, 1.54) is 225 Å². The Morgan fingerprint density at radius 3 is 0.986 bits per heavy atom. The van der Waals surface area contributed by atoms with E-state index in [0.717, 1.165) is 57.8 Å². The molecule has 0 bridgehead atoms. The van der Waals surface area contributed by atoms with Crippen molar-refractivity contribution in [2.45, 2.75) is 372 Å². The van der Waals surface area contributed by atoms with Gasteiger partial charge in [0.25, 0.3) is 0 Å². The van der Waals surface area contributed by atoms with Gasteiger partial charge in [0.15, 0.2) is 18.3 Å². The number of halogens is 1. The molecule has 0 amide bonds. The summed E-state index contributed by atoms with van der Waals surface area (Å²) in [7, 11) is 0. The van der Waals surface area contributed by atoms with E-state index in [2.05, 4.69) is 36.7 Å². The monoisotopic (exact) mass is 1110 g/mol. The fourth-order valence-corrected chi connectivity index (χ4v) is 10.3. The van der Waals surface area contributed by atoms with E-state index in [1.807, 2.05) is 0 Å². The predicted molar refractivity (Wildman–Crippen MR) is 312 cm³/mol. The lowest BCUT2D eigenvalue weighted by atomic mass is 10.0. The third-order valence-electron chi connectivity index (χ3n) is 15.2. The van der Waals surface area contributed by atoms with Gasteiger partial charge in [0, 0.05) is 19.3 Å². The smallest absolute Gasteiger partial charge is 0.322 e. The Labute approximate surface area is 465 Å². The van der Waals surface area contributed by atoms with Crippen molar-refractivity contribution in [1.29, 1.82) is 0 Å². The summed E-state index contributed by atoms with van der Waals surface area (Å²) < 4.78 is 29.0. The minimum Gasteiger partial charge on any atom is -0.462 e. The highest BCUT2D eigenvalue weighted by atomic mass is 79.9. The first-order chi connectivity index (χ1) is 36.0. The molecule has 1 heterocycles. The van der Waals surface area contributed by atoms with Gasteiger partial charge in [0.05, 0.1) is 6.61 Å². The normalized spacial score (nSPS) is 16.1. The maximum Gasteiger partial charge on any atom is 0.322 e. The van der Waals surface area contributed by atoms with Gasteiger partial charge in [0.1, 0.15) is 17.0 Å². The van der Waals surface area contributed by atoms with Gasteiger partial charge in [-0.05, 0) is 33.1 Å². The van der Waals surface area contributed by atoms with Gasteiger partial charge < -0.3 is 23.7 Å². The lowest BCUT2D eigenvalue weighted by Crippen LogP contribution is -2.48. The summed E-state index contributed by atoms with van der Waals surface area (Å²) in [5.74, 6) is -1.70. The van der Waals surface area contributed by atoms with E-state index in [4.69, 9.17) is 23.7 Å². The Balaban J connectivity index is 2.69. The van der Waals surface area contributed by atoms with Crippen molar-refractivity contribution in [3.63, 3.8) is 0 Å². The van der Waals surface area contributed by atoms with Crippen molar-refractivity contribution in [1.82, 2.24) is 0 Å². The lowest BCUT2D eigenvalue weighted by Gasteiger charge is -2.30. The molecule has 436 valence electrons. The fourth-order valence-electron chi connectivity index (χ4n) is 10.3. The summed E-state index contributed by atoms with van der Waals surface area (Å²) in [6.45, 7) is 9.88. The van der Waals surface area contributed by atoms with E-state index in [9.17, 15) is 19.2 Å². The molecule has 1 aliphatic heterocycles. The molecule has 0 aromatic rings. The molecular formula is C64H119BrO9. The van der Waals surface area contributed by atoms with Crippen LogP contribution in [-0.4, -0.2) is 65.8 Å². The Bertz CT molecular complexity index is 1300. The molecule has 0 aromatic heterocycles. The maximum atomic E-state index is 13.5. The second kappa shape index (κ2) is 50.8. The summed E-state index contributed by atoms with van der Waals surface area (Å²) >= 11 is 3.41. The van der Waals surface area contributed by atoms with Gasteiger partial charge in [0.2, 0.25) is 0 Å². The predicted octanol–water partition coefficient (Wildman–Crippen LogP) is 19.6. The highest BCUT2D eigenvalue weighted by Gasteiger charge is 2.49. The number of hydrogen-bond donors (Lipinski definition) is 0. The molecule has 1 saturated heterocycles. The molecule has 9 nitrogen and oxygen atoms in total. The van der Waals surface area contributed by atoms with Gasteiger partial charge in [-0.15, -0.1) is 0 Å². The van der Waals surface area contributed by atoms with Crippen molar-refractivity contribution in [2.24, 2.45) is 0 Å². The number of rotatable bonds is 55. The average Bonchev–Trinajstić information content (AvgIpc) is 3.76. The Kier molecular flexibility index (Phi) is 48.3. The zero-order valence-corrected chi connectivity index (χ0v) is 50.8. The topological polar surface area (TPSA) is 114 Å². The Morgan fingerprint density at radius 1 is 0.419 bits per heavy atom. The molecular weight excluding hydrogens is 993 g/mol. The molecule has 10 heteroatoms. The molecule has 4 atom stereocenters. The molecule has 0 unspecified atom stereocenters. The number of carbonyl (C=O) groups is 4. The van der Waals surface area contributed by atoms with Crippen LogP contribution in [0.5, 0.6) is 0 Å². The number of carbonyl (C=O) groups excluding carboxylic acids is 4. The van der Waals surface area contributed by atoms with Crippen LogP contribution in [0.15, 0.2) is 0 Å². The van der Waals surface area contributed by atoms with Gasteiger partial charge >= 0.3 is 23.9 Å². The van der Waals surface area contributed by atoms with Crippen LogP contribution in [0.2, 0.25) is 0 Å². The van der Waals surface area contributed by atoms with Crippen molar-refractivity contribution in [2.75, 3.05) is 13.2 Å². The van der Waals surface area contributed by atoms with E-state index in [-0.39, 0.29) is 44.4 Å². The number of ether oxygens (including phenoxy) is 5. The third-order valence-corrected chi connectivity index (χ3v) is 15.5. The molecule has 0 aromatic carbocycles. The number of hydrogen-bond acceptors (Lipinski definition) is 9. The lowest BCUT2D eigenvalue weighted by molar-refractivity contribution is -0.180. The highest BCUT2D eigenvalue weighted by molar-refractivity contribution is 9.10. The SMILES string of the molecule is CCCCCCCCCCCCCCCCCC(=O)OC[C@@H](OC(=O)C(C)(C)Br)[C@H]1OC[C@H](OC(=O)CCCCCCCCCCCCCCCCC)[C@H]1OC(=O)CCCCCCCCCCCCCCCCC. The molecule has 74 heavy (non-hydrogen) atoms. The van der Waals surface area contributed by atoms with Crippen molar-refractivity contribution < 1.29 is 42.9 Å². The van der Waals surface area contributed by atoms with Crippen LogP contribution in [0.1, 0.15) is 343 Å². The van der Waals surface area contributed by atoms with E-state index in [1.54, 1.807) is 13.8 Å². The summed E-state index contributed by atoms with van der Waals surface area (Å²) in [6, 6.07) is 0. The van der Waals surface area contributed by atoms with Crippen LogP contribution in [0.3, 0.4) is 0 Å². The first-order valence-electron chi connectivity index (χ1n) is 32.1. The minimum absolute atomic E-state index is 0.0228. The van der Waals surface area contributed by atoms with Crippen LogP contribution in [0, 0.1) is 0 Å². The molecule has 0 spiro atoms. The van der Waals surface area contributed by atoms with E-state index < -0.39 is 40.7 Å². The second-order valence-electron chi connectivity index (χ2n) is 23.0. The first kappa shape index (κ1) is 70.3. The summed E-state index contributed by atoms with van der Waals surface area (Å²) in [6.07, 6.45) is 52.7. The molecule has 1 rings (SSSR count). The van der Waals surface area contributed by atoms with Crippen molar-refractivity contribution in [3.05, 3.63) is 0 Å².